The van der Waals surface area contributed by atoms with E-state index >= 15 is 0 Å². The van der Waals surface area contributed by atoms with Crippen molar-refractivity contribution in [1.82, 2.24) is 5.32 Å². The van der Waals surface area contributed by atoms with Crippen LogP contribution in [0.1, 0.15) is 28.4 Å². The van der Waals surface area contributed by atoms with Crippen LogP contribution in [0.2, 0.25) is 5.02 Å². The maximum Gasteiger partial charge on any atom is 0.291 e. The zero-order valence-corrected chi connectivity index (χ0v) is 18.8. The largest absolute Gasteiger partial charge is 0.494 e. The number of hydrogen-bond donors (Lipinski definition) is 2. The van der Waals surface area contributed by atoms with Crippen LogP contribution in [0.15, 0.2) is 72.5 Å². The summed E-state index contributed by atoms with van der Waals surface area (Å²) in [5.41, 5.74) is 2.65. The zero-order chi connectivity index (χ0) is 23.2. The maximum atomic E-state index is 12.6. The second kappa shape index (κ2) is 10.2. The summed E-state index contributed by atoms with van der Waals surface area (Å²) in [7, 11) is 0. The molecule has 1 aliphatic rings. The number of amides is 2. The Labute approximate surface area is 197 Å². The fourth-order valence-electron chi connectivity index (χ4n) is 3.38. The van der Waals surface area contributed by atoms with E-state index < -0.39 is 5.91 Å². The highest BCUT2D eigenvalue weighted by atomic mass is 35.5. The van der Waals surface area contributed by atoms with E-state index in [1.54, 1.807) is 36.4 Å². The molecule has 0 unspecified atom stereocenters. The van der Waals surface area contributed by atoms with Gasteiger partial charge < -0.3 is 20.1 Å². The molecule has 0 spiro atoms. The first kappa shape index (κ1) is 22.4. The van der Waals surface area contributed by atoms with Gasteiger partial charge in [-0.2, -0.15) is 0 Å². The summed E-state index contributed by atoms with van der Waals surface area (Å²) in [5, 5.41) is 6.20. The van der Waals surface area contributed by atoms with Crippen LogP contribution in [-0.2, 0) is 11.2 Å². The minimum atomic E-state index is -0.407. The van der Waals surface area contributed by atoms with Gasteiger partial charge in [-0.3, -0.25) is 9.59 Å². The van der Waals surface area contributed by atoms with Crippen molar-refractivity contribution < 1.29 is 19.1 Å². The normalized spacial score (nSPS) is 13.6. The molecule has 0 aliphatic carbocycles. The van der Waals surface area contributed by atoms with E-state index in [1.165, 1.54) is 0 Å². The monoisotopic (exact) mass is 462 g/mol. The van der Waals surface area contributed by atoms with Crippen molar-refractivity contribution in [3.8, 4) is 11.5 Å². The summed E-state index contributed by atoms with van der Waals surface area (Å²) in [6.07, 6.45) is 2.28. The summed E-state index contributed by atoms with van der Waals surface area (Å²) in [6.45, 7) is 3.05. The highest BCUT2D eigenvalue weighted by Crippen LogP contribution is 2.33. The standard InChI is InChI=1S/C26H23ClN2O4/c1-2-32-20-10-7-17(8-11-20)13-14-28-25(30)19-9-12-23-22(15-19)29-26(31)24(33-23)16-18-5-3-4-6-21(18)27/h3-12,15-16H,2,13-14H2,1H3,(H,28,30)(H,29,31)/b24-16+. The molecule has 6 nitrogen and oxygen atoms in total. The number of carbonyl (C=O) groups excluding carboxylic acids is 2. The molecule has 1 heterocycles. The Morgan fingerprint density at radius 2 is 1.91 bits per heavy atom. The molecular weight excluding hydrogens is 440 g/mol. The fourth-order valence-corrected chi connectivity index (χ4v) is 3.57. The van der Waals surface area contributed by atoms with Gasteiger partial charge in [-0.25, -0.2) is 0 Å². The first-order chi connectivity index (χ1) is 16.0. The van der Waals surface area contributed by atoms with E-state index in [2.05, 4.69) is 10.6 Å². The lowest BCUT2D eigenvalue weighted by Gasteiger charge is -2.20. The first-order valence-corrected chi connectivity index (χ1v) is 11.0. The van der Waals surface area contributed by atoms with Gasteiger partial charge in [-0.1, -0.05) is 41.9 Å². The molecule has 4 rings (SSSR count). The molecule has 0 fully saturated rings. The second-order valence-electron chi connectivity index (χ2n) is 7.38. The lowest BCUT2D eigenvalue weighted by molar-refractivity contribution is -0.115. The number of hydrogen-bond acceptors (Lipinski definition) is 4. The quantitative estimate of drug-likeness (QED) is 0.480. The van der Waals surface area contributed by atoms with E-state index in [1.807, 2.05) is 43.3 Å². The molecule has 3 aromatic carbocycles. The van der Waals surface area contributed by atoms with Crippen molar-refractivity contribution in [3.63, 3.8) is 0 Å². The molecule has 7 heteroatoms. The number of carbonyl (C=O) groups is 2. The Morgan fingerprint density at radius 3 is 2.67 bits per heavy atom. The fraction of sp³-hybridized carbons (Fsp3) is 0.154. The molecule has 3 aromatic rings. The van der Waals surface area contributed by atoms with Crippen LogP contribution >= 0.6 is 11.6 Å². The third-order valence-corrected chi connectivity index (χ3v) is 5.40. The van der Waals surface area contributed by atoms with Crippen LogP contribution in [0.25, 0.3) is 6.08 Å². The summed E-state index contributed by atoms with van der Waals surface area (Å²) in [5.74, 6) is 0.779. The number of rotatable bonds is 7. The van der Waals surface area contributed by atoms with E-state index in [-0.39, 0.29) is 11.7 Å². The van der Waals surface area contributed by atoms with Crippen LogP contribution in [0.3, 0.4) is 0 Å². The van der Waals surface area contributed by atoms with Crippen molar-refractivity contribution in [1.29, 1.82) is 0 Å². The zero-order valence-electron chi connectivity index (χ0n) is 18.1. The summed E-state index contributed by atoms with van der Waals surface area (Å²) in [6, 6.07) is 19.9. The summed E-state index contributed by atoms with van der Waals surface area (Å²) < 4.78 is 11.2. The Bertz CT molecular complexity index is 1210. The number of nitrogens with one attached hydrogen (secondary N) is 2. The Balaban J connectivity index is 1.38. The van der Waals surface area contributed by atoms with Gasteiger partial charge in [0.25, 0.3) is 11.8 Å². The first-order valence-electron chi connectivity index (χ1n) is 10.6. The van der Waals surface area contributed by atoms with Crippen molar-refractivity contribution >= 4 is 35.2 Å². The van der Waals surface area contributed by atoms with Gasteiger partial charge in [-0.15, -0.1) is 0 Å². The summed E-state index contributed by atoms with van der Waals surface area (Å²) in [4.78, 5) is 25.1. The van der Waals surface area contributed by atoms with Gasteiger partial charge >= 0.3 is 0 Å². The van der Waals surface area contributed by atoms with E-state index in [0.29, 0.717) is 47.2 Å². The molecule has 33 heavy (non-hydrogen) atoms. The highest BCUT2D eigenvalue weighted by Gasteiger charge is 2.23. The van der Waals surface area contributed by atoms with Crippen molar-refractivity contribution in [2.24, 2.45) is 0 Å². The molecule has 0 bridgehead atoms. The molecular formula is C26H23ClN2O4. The van der Waals surface area contributed by atoms with Gasteiger partial charge in [0.15, 0.2) is 11.5 Å². The predicted molar refractivity (Wildman–Crippen MR) is 129 cm³/mol. The molecule has 0 aromatic heterocycles. The second-order valence-corrected chi connectivity index (χ2v) is 7.79. The minimum absolute atomic E-state index is 0.128. The molecule has 2 N–H and O–H groups in total. The smallest absolute Gasteiger partial charge is 0.291 e. The predicted octanol–water partition coefficient (Wildman–Crippen LogP) is 5.08. The topological polar surface area (TPSA) is 76.7 Å². The molecule has 0 atom stereocenters. The minimum Gasteiger partial charge on any atom is -0.494 e. The molecule has 168 valence electrons. The maximum absolute atomic E-state index is 12.6. The van der Waals surface area contributed by atoms with E-state index in [4.69, 9.17) is 21.1 Å². The molecule has 2 amide bonds. The van der Waals surface area contributed by atoms with Gasteiger partial charge in [0.05, 0.1) is 12.3 Å². The number of anilines is 1. The van der Waals surface area contributed by atoms with Crippen molar-refractivity contribution in [2.45, 2.75) is 13.3 Å². The average molecular weight is 463 g/mol. The van der Waals surface area contributed by atoms with Crippen LogP contribution in [0.5, 0.6) is 11.5 Å². The lowest BCUT2D eigenvalue weighted by Crippen LogP contribution is -2.27. The van der Waals surface area contributed by atoms with Crippen molar-refractivity contribution in [3.05, 3.63) is 94.2 Å². The van der Waals surface area contributed by atoms with Crippen LogP contribution in [0, 0.1) is 0 Å². The van der Waals surface area contributed by atoms with Crippen LogP contribution in [-0.4, -0.2) is 25.0 Å². The van der Waals surface area contributed by atoms with Crippen molar-refractivity contribution in [2.75, 3.05) is 18.5 Å². The van der Waals surface area contributed by atoms with E-state index in [0.717, 1.165) is 11.3 Å². The van der Waals surface area contributed by atoms with Crippen LogP contribution in [0.4, 0.5) is 5.69 Å². The number of benzene rings is 3. The average Bonchev–Trinajstić information content (AvgIpc) is 2.82. The van der Waals surface area contributed by atoms with Gasteiger partial charge in [0, 0.05) is 17.1 Å². The summed E-state index contributed by atoms with van der Waals surface area (Å²) >= 11 is 6.17. The molecule has 0 saturated heterocycles. The number of fused-ring (bicyclic) bond motifs is 1. The number of halogens is 1. The third-order valence-electron chi connectivity index (χ3n) is 5.06. The Kier molecular flexibility index (Phi) is 6.95. The Morgan fingerprint density at radius 1 is 1.12 bits per heavy atom. The van der Waals surface area contributed by atoms with Gasteiger partial charge in [0.2, 0.25) is 0 Å². The van der Waals surface area contributed by atoms with E-state index in [9.17, 15) is 9.59 Å². The van der Waals surface area contributed by atoms with Crippen LogP contribution < -0.4 is 20.1 Å². The molecule has 0 radical (unpaired) electrons. The van der Waals surface area contributed by atoms with Gasteiger partial charge in [-0.05, 0) is 66.9 Å². The highest BCUT2D eigenvalue weighted by molar-refractivity contribution is 6.32. The van der Waals surface area contributed by atoms with Gasteiger partial charge in [0.1, 0.15) is 5.75 Å². The SMILES string of the molecule is CCOc1ccc(CCNC(=O)c2ccc3c(c2)NC(=O)/C(=C\c2ccccc2Cl)O3)cc1. The number of ether oxygens (including phenoxy) is 2. The lowest BCUT2D eigenvalue weighted by atomic mass is 10.1. The third kappa shape index (κ3) is 5.54. The Hall–Kier alpha value is -3.77. The molecule has 0 saturated carbocycles. The molecule has 1 aliphatic heterocycles.